The SMILES string of the molecule is Cc1cccc(OCc2nn(CC(=O)Nc3ccccc3F)c(=S)o2)c1. The number of anilines is 1. The molecule has 3 rings (SSSR count). The summed E-state index contributed by atoms with van der Waals surface area (Å²) in [6.07, 6.45) is 0. The number of hydrogen-bond donors (Lipinski definition) is 1. The van der Waals surface area contributed by atoms with E-state index in [-0.39, 0.29) is 29.6 Å². The Morgan fingerprint density at radius 3 is 2.88 bits per heavy atom. The normalized spacial score (nSPS) is 10.5. The fraction of sp³-hybridized carbons (Fsp3) is 0.167. The standard InChI is InChI=1S/C18H16FN3O3S/c1-12-5-4-6-13(9-12)24-11-17-21-22(18(26)25-17)10-16(23)20-15-8-3-2-7-14(15)19/h2-9H,10-11H2,1H3,(H,20,23). The average molecular weight is 373 g/mol. The van der Waals surface area contributed by atoms with Crippen LogP contribution in [0.15, 0.2) is 52.9 Å². The molecule has 0 bridgehead atoms. The van der Waals surface area contributed by atoms with Gasteiger partial charge in [-0.05, 0) is 49.0 Å². The molecule has 0 atom stereocenters. The molecular formula is C18H16FN3O3S. The maximum Gasteiger partial charge on any atom is 0.287 e. The summed E-state index contributed by atoms with van der Waals surface area (Å²) < 4.78 is 25.7. The lowest BCUT2D eigenvalue weighted by Crippen LogP contribution is -2.20. The smallest absolute Gasteiger partial charge is 0.287 e. The van der Waals surface area contributed by atoms with Crippen LogP contribution in [-0.2, 0) is 17.9 Å². The lowest BCUT2D eigenvalue weighted by Gasteiger charge is -2.05. The first-order chi connectivity index (χ1) is 12.5. The van der Waals surface area contributed by atoms with Gasteiger partial charge in [0.05, 0.1) is 5.69 Å². The zero-order valence-corrected chi connectivity index (χ0v) is 14.8. The van der Waals surface area contributed by atoms with Crippen molar-refractivity contribution in [2.75, 3.05) is 5.32 Å². The summed E-state index contributed by atoms with van der Waals surface area (Å²) in [6.45, 7) is 1.84. The Labute approximate surface area is 154 Å². The van der Waals surface area contributed by atoms with E-state index in [2.05, 4.69) is 10.4 Å². The van der Waals surface area contributed by atoms with Gasteiger partial charge in [0.1, 0.15) is 18.1 Å². The van der Waals surface area contributed by atoms with Gasteiger partial charge in [-0.1, -0.05) is 24.3 Å². The minimum atomic E-state index is -0.517. The highest BCUT2D eigenvalue weighted by molar-refractivity contribution is 7.71. The number of aryl methyl sites for hydroxylation is 1. The van der Waals surface area contributed by atoms with Crippen molar-refractivity contribution in [2.24, 2.45) is 0 Å². The first-order valence-corrected chi connectivity index (χ1v) is 8.23. The Bertz CT molecular complexity index is 984. The van der Waals surface area contributed by atoms with Gasteiger partial charge in [0.2, 0.25) is 5.91 Å². The van der Waals surface area contributed by atoms with E-state index in [9.17, 15) is 9.18 Å². The Balaban J connectivity index is 1.62. The van der Waals surface area contributed by atoms with Crippen LogP contribution in [0.25, 0.3) is 0 Å². The number of halogens is 1. The van der Waals surface area contributed by atoms with E-state index in [0.717, 1.165) is 5.56 Å². The molecule has 0 unspecified atom stereocenters. The molecule has 0 aliphatic heterocycles. The second kappa shape index (κ2) is 7.92. The van der Waals surface area contributed by atoms with Gasteiger partial charge >= 0.3 is 0 Å². The van der Waals surface area contributed by atoms with Crippen molar-refractivity contribution in [1.82, 2.24) is 9.78 Å². The third-order valence-electron chi connectivity index (χ3n) is 3.44. The predicted molar refractivity (Wildman–Crippen MR) is 95.9 cm³/mol. The Hall–Kier alpha value is -3.00. The number of nitrogens with one attached hydrogen (secondary N) is 1. The number of ether oxygens (including phenoxy) is 1. The van der Waals surface area contributed by atoms with Gasteiger partial charge in [0, 0.05) is 0 Å². The summed E-state index contributed by atoms with van der Waals surface area (Å²) in [5.41, 5.74) is 1.16. The Morgan fingerprint density at radius 2 is 2.12 bits per heavy atom. The van der Waals surface area contributed by atoms with E-state index in [4.69, 9.17) is 21.4 Å². The van der Waals surface area contributed by atoms with E-state index in [1.54, 1.807) is 12.1 Å². The minimum absolute atomic E-state index is 0.0384. The summed E-state index contributed by atoms with van der Waals surface area (Å²) >= 11 is 5.06. The summed E-state index contributed by atoms with van der Waals surface area (Å²) in [5, 5.41) is 6.58. The van der Waals surface area contributed by atoms with Crippen molar-refractivity contribution in [3.63, 3.8) is 0 Å². The molecule has 0 radical (unpaired) electrons. The third kappa shape index (κ3) is 4.54. The fourth-order valence-electron chi connectivity index (χ4n) is 2.25. The van der Waals surface area contributed by atoms with Crippen molar-refractivity contribution < 1.29 is 18.3 Å². The van der Waals surface area contributed by atoms with Gasteiger partial charge in [-0.3, -0.25) is 4.79 Å². The van der Waals surface area contributed by atoms with E-state index >= 15 is 0 Å². The molecule has 0 aliphatic rings. The maximum absolute atomic E-state index is 13.6. The first kappa shape index (κ1) is 17.8. The number of amides is 1. The summed E-state index contributed by atoms with van der Waals surface area (Å²) in [6, 6.07) is 13.4. The molecule has 1 N–H and O–H groups in total. The number of aromatic nitrogens is 2. The van der Waals surface area contributed by atoms with Crippen molar-refractivity contribution >= 4 is 23.8 Å². The van der Waals surface area contributed by atoms with E-state index in [0.29, 0.717) is 5.75 Å². The summed E-state index contributed by atoms with van der Waals surface area (Å²) in [4.78, 5) is 12.1. The largest absolute Gasteiger partial charge is 0.484 e. The highest BCUT2D eigenvalue weighted by Crippen LogP contribution is 2.15. The second-order valence-electron chi connectivity index (χ2n) is 5.55. The number of benzene rings is 2. The highest BCUT2D eigenvalue weighted by Gasteiger charge is 2.12. The summed E-state index contributed by atoms with van der Waals surface area (Å²) in [7, 11) is 0. The third-order valence-corrected chi connectivity index (χ3v) is 3.74. The van der Waals surface area contributed by atoms with Gasteiger partial charge < -0.3 is 14.5 Å². The molecule has 8 heteroatoms. The molecule has 0 saturated carbocycles. The van der Waals surface area contributed by atoms with E-state index < -0.39 is 11.7 Å². The molecule has 1 heterocycles. The van der Waals surface area contributed by atoms with Crippen molar-refractivity contribution in [3.8, 4) is 5.75 Å². The molecule has 26 heavy (non-hydrogen) atoms. The second-order valence-corrected chi connectivity index (χ2v) is 5.90. The molecule has 0 saturated heterocycles. The topological polar surface area (TPSA) is 69.3 Å². The molecule has 3 aromatic rings. The van der Waals surface area contributed by atoms with E-state index in [1.165, 1.54) is 16.8 Å². The Morgan fingerprint density at radius 1 is 1.31 bits per heavy atom. The fourth-order valence-corrected chi connectivity index (χ4v) is 2.45. The predicted octanol–water partition coefficient (Wildman–Crippen LogP) is 3.87. The number of para-hydroxylation sites is 1. The molecule has 2 aromatic carbocycles. The van der Waals surface area contributed by atoms with Crippen molar-refractivity contribution in [2.45, 2.75) is 20.1 Å². The zero-order valence-electron chi connectivity index (χ0n) is 13.9. The lowest BCUT2D eigenvalue weighted by atomic mass is 10.2. The van der Waals surface area contributed by atoms with Crippen LogP contribution in [0.2, 0.25) is 0 Å². The molecule has 0 spiro atoms. The highest BCUT2D eigenvalue weighted by atomic mass is 32.1. The Kier molecular flexibility index (Phi) is 5.43. The van der Waals surface area contributed by atoms with Gasteiger partial charge in [-0.2, -0.15) is 0 Å². The number of carbonyl (C=O) groups excluding carboxylic acids is 1. The lowest BCUT2D eigenvalue weighted by molar-refractivity contribution is -0.117. The van der Waals surface area contributed by atoms with Gasteiger partial charge in [-0.25, -0.2) is 9.07 Å². The van der Waals surface area contributed by atoms with Crippen LogP contribution in [0.4, 0.5) is 10.1 Å². The van der Waals surface area contributed by atoms with Crippen LogP contribution < -0.4 is 10.1 Å². The molecule has 1 amide bonds. The van der Waals surface area contributed by atoms with Crippen LogP contribution in [0, 0.1) is 17.6 Å². The quantitative estimate of drug-likeness (QED) is 0.664. The van der Waals surface area contributed by atoms with Gasteiger partial charge in [0.25, 0.3) is 10.7 Å². The van der Waals surface area contributed by atoms with E-state index in [1.807, 2.05) is 31.2 Å². The molecular weight excluding hydrogens is 357 g/mol. The maximum atomic E-state index is 13.6. The molecule has 134 valence electrons. The molecule has 1 aromatic heterocycles. The molecule has 0 aliphatic carbocycles. The summed E-state index contributed by atoms with van der Waals surface area (Å²) in [5.74, 6) is -0.0596. The number of rotatable bonds is 6. The van der Waals surface area contributed by atoms with Gasteiger partial charge in [-0.15, -0.1) is 5.10 Å². The first-order valence-electron chi connectivity index (χ1n) is 7.82. The van der Waals surface area contributed by atoms with Crippen LogP contribution >= 0.6 is 12.2 Å². The monoisotopic (exact) mass is 373 g/mol. The molecule has 0 fully saturated rings. The van der Waals surface area contributed by atoms with Crippen LogP contribution in [0.1, 0.15) is 11.5 Å². The number of carbonyl (C=O) groups is 1. The zero-order chi connectivity index (χ0) is 18.5. The van der Waals surface area contributed by atoms with Crippen LogP contribution in [-0.4, -0.2) is 15.7 Å². The number of nitrogens with zero attached hydrogens (tertiary/aromatic N) is 2. The minimum Gasteiger partial charge on any atom is -0.484 e. The van der Waals surface area contributed by atoms with Crippen LogP contribution in [0.5, 0.6) is 5.75 Å². The number of hydrogen-bond acceptors (Lipinski definition) is 5. The van der Waals surface area contributed by atoms with Gasteiger partial charge in [0.15, 0.2) is 6.61 Å². The van der Waals surface area contributed by atoms with Crippen molar-refractivity contribution in [3.05, 3.63) is 70.6 Å². The average Bonchev–Trinajstić information content (AvgIpc) is 2.95. The van der Waals surface area contributed by atoms with Crippen LogP contribution in [0.3, 0.4) is 0 Å². The molecule has 6 nitrogen and oxygen atoms in total. The van der Waals surface area contributed by atoms with Crippen molar-refractivity contribution in [1.29, 1.82) is 0 Å².